The number of sulfonamides is 1. The topological polar surface area (TPSA) is 102 Å². The maximum Gasteiger partial charge on any atom is 0.250 e. The van der Waals surface area contributed by atoms with Gasteiger partial charge in [0, 0.05) is 24.8 Å². The van der Waals surface area contributed by atoms with Gasteiger partial charge in [-0.3, -0.25) is 4.57 Å². The molecule has 3 rings (SSSR count). The van der Waals surface area contributed by atoms with Gasteiger partial charge < -0.3 is 5.32 Å². The van der Waals surface area contributed by atoms with E-state index in [1.807, 2.05) is 18.4 Å². The van der Waals surface area contributed by atoms with Gasteiger partial charge in [-0.25, -0.2) is 28.1 Å². The second-order valence-electron chi connectivity index (χ2n) is 5.43. The Morgan fingerprint density at radius 2 is 2.00 bits per heavy atom. The molecule has 0 saturated heterocycles. The van der Waals surface area contributed by atoms with E-state index < -0.39 is 10.0 Å². The number of thiophene rings is 1. The van der Waals surface area contributed by atoms with Crippen LogP contribution in [-0.4, -0.2) is 41.0 Å². The van der Waals surface area contributed by atoms with Gasteiger partial charge in [0.2, 0.25) is 10.0 Å². The minimum Gasteiger partial charge on any atom is -0.369 e. The molecule has 3 heterocycles. The fraction of sp³-hybridized carbons (Fsp3) is 0.267. The van der Waals surface area contributed by atoms with Crippen molar-refractivity contribution in [3.8, 4) is 5.82 Å². The number of hydrogen-bond acceptors (Lipinski definition) is 7. The lowest BCUT2D eigenvalue weighted by molar-refractivity contribution is 0.585. The fourth-order valence-electron chi connectivity index (χ4n) is 2.19. The van der Waals surface area contributed by atoms with Crippen molar-refractivity contribution in [2.45, 2.75) is 18.1 Å². The molecule has 11 heteroatoms. The minimum atomic E-state index is -3.49. The largest absolute Gasteiger partial charge is 0.369 e. The first-order chi connectivity index (χ1) is 12.4. The summed E-state index contributed by atoms with van der Waals surface area (Å²) >= 11 is 4.43. The molecule has 0 radical (unpaired) electrons. The molecule has 3 aromatic rings. The smallest absolute Gasteiger partial charge is 0.250 e. The Kier molecular flexibility index (Phi) is 5.70. The predicted octanol–water partition coefficient (Wildman–Crippen LogP) is 2.49. The summed E-state index contributed by atoms with van der Waals surface area (Å²) in [6.07, 6.45) is 3.17. The molecular formula is C15H17BrN6O2S2. The van der Waals surface area contributed by atoms with Crippen LogP contribution in [0.2, 0.25) is 0 Å². The Morgan fingerprint density at radius 1 is 1.19 bits per heavy atom. The molecule has 0 spiro atoms. The van der Waals surface area contributed by atoms with E-state index in [9.17, 15) is 8.42 Å². The number of anilines is 1. The molecule has 0 aliphatic rings. The van der Waals surface area contributed by atoms with Crippen molar-refractivity contribution < 1.29 is 8.42 Å². The van der Waals surface area contributed by atoms with E-state index in [0.717, 1.165) is 15.2 Å². The van der Waals surface area contributed by atoms with E-state index in [1.54, 1.807) is 24.5 Å². The van der Waals surface area contributed by atoms with Gasteiger partial charge in [-0.2, -0.15) is 0 Å². The van der Waals surface area contributed by atoms with Crippen molar-refractivity contribution in [2.75, 3.05) is 18.4 Å². The highest BCUT2D eigenvalue weighted by Crippen LogP contribution is 2.25. The number of nitrogens with one attached hydrogen (secondary N) is 2. The van der Waals surface area contributed by atoms with E-state index in [-0.39, 0.29) is 10.8 Å². The van der Waals surface area contributed by atoms with Crippen LogP contribution in [0.25, 0.3) is 5.82 Å². The van der Waals surface area contributed by atoms with Gasteiger partial charge in [-0.15, -0.1) is 11.3 Å². The summed E-state index contributed by atoms with van der Waals surface area (Å²) in [5, 5.41) is 3.09. The van der Waals surface area contributed by atoms with Crippen molar-refractivity contribution in [1.82, 2.24) is 24.2 Å². The number of hydrogen-bond donors (Lipinski definition) is 2. The van der Waals surface area contributed by atoms with Crippen LogP contribution >= 0.6 is 27.3 Å². The second kappa shape index (κ2) is 7.82. The third-order valence-corrected chi connectivity index (χ3v) is 7.26. The lowest BCUT2D eigenvalue weighted by Gasteiger charge is -2.09. The lowest BCUT2D eigenvalue weighted by atomic mass is 10.4. The molecule has 0 aliphatic carbocycles. The van der Waals surface area contributed by atoms with Crippen LogP contribution in [0.1, 0.15) is 11.4 Å². The first kappa shape index (κ1) is 19.0. The highest BCUT2D eigenvalue weighted by molar-refractivity contribution is 9.11. The van der Waals surface area contributed by atoms with Gasteiger partial charge in [0.1, 0.15) is 28.5 Å². The van der Waals surface area contributed by atoms with Crippen molar-refractivity contribution in [3.05, 3.63) is 46.0 Å². The molecule has 0 amide bonds. The molecule has 8 nitrogen and oxygen atoms in total. The van der Waals surface area contributed by atoms with E-state index in [4.69, 9.17) is 0 Å². The van der Waals surface area contributed by atoms with Gasteiger partial charge in [0.25, 0.3) is 0 Å². The average molecular weight is 457 g/mol. The summed E-state index contributed by atoms with van der Waals surface area (Å²) in [5.74, 6) is 1.31. The normalized spacial score (nSPS) is 11.7. The van der Waals surface area contributed by atoms with Crippen molar-refractivity contribution >= 4 is 43.1 Å². The lowest BCUT2D eigenvalue weighted by Crippen LogP contribution is -2.28. The van der Waals surface area contributed by atoms with E-state index in [1.165, 1.54) is 17.7 Å². The van der Waals surface area contributed by atoms with Gasteiger partial charge in [-0.05, 0) is 41.9 Å². The van der Waals surface area contributed by atoms with Crippen LogP contribution in [0.4, 0.5) is 5.82 Å². The Hall–Kier alpha value is -1.82. The van der Waals surface area contributed by atoms with Crippen LogP contribution < -0.4 is 10.0 Å². The number of aromatic nitrogens is 4. The number of imidazole rings is 1. The Morgan fingerprint density at radius 3 is 2.65 bits per heavy atom. The zero-order valence-corrected chi connectivity index (χ0v) is 17.3. The zero-order valence-electron chi connectivity index (χ0n) is 14.1. The fourth-order valence-corrected chi connectivity index (χ4v) is 5.28. The summed E-state index contributed by atoms with van der Waals surface area (Å²) < 4.78 is 29.8. The van der Waals surface area contributed by atoms with E-state index in [0.29, 0.717) is 18.2 Å². The molecule has 2 N–H and O–H groups in total. The number of aryl methyl sites for hydroxylation is 1. The summed E-state index contributed by atoms with van der Waals surface area (Å²) in [5.41, 5.74) is 1.94. The average Bonchev–Trinajstić information content (AvgIpc) is 3.19. The van der Waals surface area contributed by atoms with Crippen LogP contribution in [0, 0.1) is 13.8 Å². The molecule has 138 valence electrons. The SMILES string of the molecule is Cc1ncn(-c2cc(NCCNS(=O)(=O)c3ccc(Br)s3)ncn2)c1C. The van der Waals surface area contributed by atoms with Crippen LogP contribution in [0.3, 0.4) is 0 Å². The van der Waals surface area contributed by atoms with Crippen molar-refractivity contribution in [2.24, 2.45) is 0 Å². The first-order valence-electron chi connectivity index (χ1n) is 7.68. The van der Waals surface area contributed by atoms with Crippen LogP contribution in [0.5, 0.6) is 0 Å². The zero-order chi connectivity index (χ0) is 18.7. The summed E-state index contributed by atoms with van der Waals surface area (Å²) in [4.78, 5) is 12.7. The van der Waals surface area contributed by atoms with Crippen LogP contribution in [0.15, 0.2) is 38.8 Å². The predicted molar refractivity (Wildman–Crippen MR) is 104 cm³/mol. The van der Waals surface area contributed by atoms with E-state index >= 15 is 0 Å². The molecule has 3 aromatic heterocycles. The van der Waals surface area contributed by atoms with Crippen LogP contribution in [-0.2, 0) is 10.0 Å². The third-order valence-electron chi connectivity index (χ3n) is 3.69. The second-order valence-corrected chi connectivity index (χ2v) is 9.89. The molecule has 0 aliphatic heterocycles. The highest BCUT2D eigenvalue weighted by atomic mass is 79.9. The summed E-state index contributed by atoms with van der Waals surface area (Å²) in [7, 11) is -3.49. The molecule has 26 heavy (non-hydrogen) atoms. The molecule has 0 fully saturated rings. The monoisotopic (exact) mass is 456 g/mol. The highest BCUT2D eigenvalue weighted by Gasteiger charge is 2.15. The van der Waals surface area contributed by atoms with Gasteiger partial charge in [0.15, 0.2) is 0 Å². The van der Waals surface area contributed by atoms with Gasteiger partial charge >= 0.3 is 0 Å². The van der Waals surface area contributed by atoms with Gasteiger partial charge in [-0.1, -0.05) is 0 Å². The van der Waals surface area contributed by atoms with Crippen molar-refractivity contribution in [1.29, 1.82) is 0 Å². The first-order valence-corrected chi connectivity index (χ1v) is 10.8. The van der Waals surface area contributed by atoms with Crippen molar-refractivity contribution in [3.63, 3.8) is 0 Å². The number of nitrogens with zero attached hydrogens (tertiary/aromatic N) is 4. The molecular weight excluding hydrogens is 440 g/mol. The minimum absolute atomic E-state index is 0.237. The third kappa shape index (κ3) is 4.29. The molecule has 0 unspecified atom stereocenters. The summed E-state index contributed by atoms with van der Waals surface area (Å²) in [6, 6.07) is 5.06. The van der Waals surface area contributed by atoms with E-state index in [2.05, 4.69) is 40.9 Å². The number of rotatable bonds is 7. The standard InChI is InChI=1S/C15H17BrN6O2S2/c1-10-11(2)22(9-20-10)14-7-13(18-8-19-14)17-5-6-21-26(23,24)15-4-3-12(16)25-15/h3-4,7-9,21H,5-6H2,1-2H3,(H,17,18,19). The van der Waals surface area contributed by atoms with Gasteiger partial charge in [0.05, 0.1) is 9.48 Å². The molecule has 0 aromatic carbocycles. The molecule has 0 saturated carbocycles. The molecule has 0 atom stereocenters. The quantitative estimate of drug-likeness (QED) is 0.529. The number of halogens is 1. The summed E-state index contributed by atoms with van der Waals surface area (Å²) in [6.45, 7) is 4.53. The molecule has 0 bridgehead atoms. The Bertz CT molecular complexity index is 1010. The maximum atomic E-state index is 12.2. The Labute approximate surface area is 163 Å². The maximum absolute atomic E-state index is 12.2. The Balaban J connectivity index is 1.59.